The molecule has 0 heterocycles. The topological polar surface area (TPSA) is 43.4 Å². The van der Waals surface area contributed by atoms with Crippen LogP contribution in [0.25, 0.3) is 0 Å². The molecule has 1 unspecified atom stereocenters. The highest BCUT2D eigenvalue weighted by Crippen LogP contribution is 2.27. The fourth-order valence-corrected chi connectivity index (χ4v) is 1.57. The first-order valence-corrected chi connectivity index (χ1v) is 4.54. The third kappa shape index (κ3) is 2.17. The second-order valence-corrected chi connectivity index (χ2v) is 3.12. The van der Waals surface area contributed by atoms with Gasteiger partial charge in [0.15, 0.2) is 0 Å². The van der Waals surface area contributed by atoms with E-state index >= 15 is 0 Å². The maximum atomic E-state index is 11.3. The second kappa shape index (κ2) is 4.21. The van der Waals surface area contributed by atoms with Gasteiger partial charge < -0.3 is 4.74 Å². The summed E-state index contributed by atoms with van der Waals surface area (Å²) in [6.07, 6.45) is 3.37. The maximum Gasteiger partial charge on any atom is 0.334 e. The molecule has 0 aliphatic heterocycles. The lowest BCUT2D eigenvalue weighted by atomic mass is 9.98. The molecular formula is C10H14O3. The third-order valence-corrected chi connectivity index (χ3v) is 2.20. The molecule has 0 spiro atoms. The number of hydrogen-bond acceptors (Lipinski definition) is 3. The molecule has 0 fully saturated rings. The van der Waals surface area contributed by atoms with E-state index in [1.165, 1.54) is 6.92 Å². The van der Waals surface area contributed by atoms with E-state index < -0.39 is 0 Å². The molecule has 0 N–H and O–H groups in total. The first-order chi connectivity index (χ1) is 6.16. The lowest BCUT2D eigenvalue weighted by molar-refractivity contribution is -0.140. The first kappa shape index (κ1) is 9.96. The standard InChI is InChI=1S/C10H14O3/c1-3-13-10(12)9-6-4-5-8(9)7(2)11/h6,8H,3-5H2,1-2H3. The Hall–Kier alpha value is -1.12. The van der Waals surface area contributed by atoms with Crippen LogP contribution in [0.4, 0.5) is 0 Å². The number of esters is 1. The van der Waals surface area contributed by atoms with Crippen LogP contribution in [0.15, 0.2) is 11.6 Å². The lowest BCUT2D eigenvalue weighted by Crippen LogP contribution is -2.18. The molecule has 0 aromatic rings. The van der Waals surface area contributed by atoms with Crippen LogP contribution in [0.5, 0.6) is 0 Å². The van der Waals surface area contributed by atoms with Crippen LogP contribution in [0.3, 0.4) is 0 Å². The Balaban J connectivity index is 2.68. The number of ketones is 1. The molecule has 0 aromatic heterocycles. The average molecular weight is 182 g/mol. The van der Waals surface area contributed by atoms with Crippen molar-refractivity contribution < 1.29 is 14.3 Å². The van der Waals surface area contributed by atoms with Gasteiger partial charge in [-0.3, -0.25) is 4.79 Å². The molecule has 0 radical (unpaired) electrons. The fourth-order valence-electron chi connectivity index (χ4n) is 1.57. The summed E-state index contributed by atoms with van der Waals surface area (Å²) in [6.45, 7) is 3.64. The predicted molar refractivity (Wildman–Crippen MR) is 48.1 cm³/mol. The van der Waals surface area contributed by atoms with Crippen molar-refractivity contribution in [2.24, 2.45) is 5.92 Å². The quantitative estimate of drug-likeness (QED) is 0.621. The van der Waals surface area contributed by atoms with E-state index in [-0.39, 0.29) is 17.7 Å². The average Bonchev–Trinajstić information content (AvgIpc) is 2.52. The van der Waals surface area contributed by atoms with Crippen LogP contribution in [-0.2, 0) is 14.3 Å². The molecule has 0 aromatic carbocycles. The van der Waals surface area contributed by atoms with Crippen molar-refractivity contribution in [3.63, 3.8) is 0 Å². The van der Waals surface area contributed by atoms with E-state index in [1.807, 2.05) is 6.08 Å². The Kier molecular flexibility index (Phi) is 3.23. The van der Waals surface area contributed by atoms with Crippen molar-refractivity contribution in [3.8, 4) is 0 Å². The van der Waals surface area contributed by atoms with Crippen molar-refractivity contribution in [2.45, 2.75) is 26.7 Å². The highest BCUT2D eigenvalue weighted by molar-refractivity contribution is 5.97. The molecule has 1 aliphatic carbocycles. The van der Waals surface area contributed by atoms with E-state index in [0.717, 1.165) is 12.8 Å². The first-order valence-electron chi connectivity index (χ1n) is 4.54. The summed E-state index contributed by atoms with van der Waals surface area (Å²) in [5, 5.41) is 0. The van der Waals surface area contributed by atoms with Crippen molar-refractivity contribution in [1.82, 2.24) is 0 Å². The number of hydrogen-bond donors (Lipinski definition) is 0. The summed E-state index contributed by atoms with van der Waals surface area (Å²) in [4.78, 5) is 22.4. The summed E-state index contributed by atoms with van der Waals surface area (Å²) in [5.74, 6) is -0.504. The second-order valence-electron chi connectivity index (χ2n) is 3.12. The summed E-state index contributed by atoms with van der Waals surface area (Å²) in [7, 11) is 0. The molecule has 72 valence electrons. The Morgan fingerprint density at radius 3 is 2.85 bits per heavy atom. The molecule has 3 heteroatoms. The summed E-state index contributed by atoms with van der Waals surface area (Å²) in [5.41, 5.74) is 0.550. The third-order valence-electron chi connectivity index (χ3n) is 2.20. The minimum Gasteiger partial charge on any atom is -0.463 e. The monoisotopic (exact) mass is 182 g/mol. The van der Waals surface area contributed by atoms with Gasteiger partial charge in [0.25, 0.3) is 0 Å². The van der Waals surface area contributed by atoms with Gasteiger partial charge in [0, 0.05) is 11.5 Å². The highest BCUT2D eigenvalue weighted by Gasteiger charge is 2.28. The highest BCUT2D eigenvalue weighted by atomic mass is 16.5. The molecule has 13 heavy (non-hydrogen) atoms. The van der Waals surface area contributed by atoms with Crippen LogP contribution >= 0.6 is 0 Å². The number of ether oxygens (including phenoxy) is 1. The molecule has 0 saturated heterocycles. The summed E-state index contributed by atoms with van der Waals surface area (Å²) < 4.78 is 4.85. The zero-order valence-electron chi connectivity index (χ0n) is 8.00. The number of Topliss-reactive ketones (excluding diaryl/α,β-unsaturated/α-hetero) is 1. The molecule has 1 rings (SSSR count). The molecule has 3 nitrogen and oxygen atoms in total. The minimum absolute atomic E-state index is 0.0526. The van der Waals surface area contributed by atoms with Gasteiger partial charge in [-0.2, -0.15) is 0 Å². The zero-order valence-corrected chi connectivity index (χ0v) is 8.00. The smallest absolute Gasteiger partial charge is 0.334 e. The van der Waals surface area contributed by atoms with E-state index in [2.05, 4.69) is 0 Å². The van der Waals surface area contributed by atoms with Crippen LogP contribution in [0, 0.1) is 5.92 Å². The van der Waals surface area contributed by atoms with E-state index in [1.54, 1.807) is 6.92 Å². The van der Waals surface area contributed by atoms with Gasteiger partial charge in [0.1, 0.15) is 5.78 Å². The number of allylic oxidation sites excluding steroid dienone is 1. The predicted octanol–water partition coefficient (Wildman–Crippen LogP) is 1.47. The molecule has 0 bridgehead atoms. The summed E-state index contributed by atoms with van der Waals surface area (Å²) >= 11 is 0. The van der Waals surface area contributed by atoms with Crippen LogP contribution in [0.1, 0.15) is 26.7 Å². The minimum atomic E-state index is -0.333. The van der Waals surface area contributed by atoms with Crippen LogP contribution < -0.4 is 0 Å². The normalized spacial score (nSPS) is 21.1. The van der Waals surface area contributed by atoms with Gasteiger partial charge >= 0.3 is 5.97 Å². The van der Waals surface area contributed by atoms with Gasteiger partial charge in [0.05, 0.1) is 6.61 Å². The molecule has 1 atom stereocenters. The number of carbonyl (C=O) groups excluding carboxylic acids is 2. The molecule has 1 aliphatic rings. The van der Waals surface area contributed by atoms with Gasteiger partial charge in [-0.15, -0.1) is 0 Å². The SMILES string of the molecule is CCOC(=O)C1=CCCC1C(C)=O. The molecule has 0 amide bonds. The Bertz CT molecular complexity index is 253. The summed E-state index contributed by atoms with van der Waals surface area (Å²) in [6, 6.07) is 0. The van der Waals surface area contributed by atoms with Crippen molar-refractivity contribution in [3.05, 3.63) is 11.6 Å². The van der Waals surface area contributed by atoms with Gasteiger partial charge in [0.2, 0.25) is 0 Å². The van der Waals surface area contributed by atoms with Gasteiger partial charge in [-0.05, 0) is 26.7 Å². The number of carbonyl (C=O) groups is 2. The van der Waals surface area contributed by atoms with Gasteiger partial charge in [-0.1, -0.05) is 6.08 Å². The van der Waals surface area contributed by atoms with Gasteiger partial charge in [-0.25, -0.2) is 4.79 Å². The van der Waals surface area contributed by atoms with Crippen molar-refractivity contribution >= 4 is 11.8 Å². The van der Waals surface area contributed by atoms with Crippen molar-refractivity contribution in [1.29, 1.82) is 0 Å². The van der Waals surface area contributed by atoms with E-state index in [0.29, 0.717) is 12.2 Å². The Morgan fingerprint density at radius 2 is 2.31 bits per heavy atom. The van der Waals surface area contributed by atoms with Crippen molar-refractivity contribution in [2.75, 3.05) is 6.61 Å². The fraction of sp³-hybridized carbons (Fsp3) is 0.600. The maximum absolute atomic E-state index is 11.3. The number of rotatable bonds is 3. The Morgan fingerprint density at radius 1 is 1.62 bits per heavy atom. The van der Waals surface area contributed by atoms with Crippen LogP contribution in [-0.4, -0.2) is 18.4 Å². The van der Waals surface area contributed by atoms with Crippen LogP contribution in [0.2, 0.25) is 0 Å². The Labute approximate surface area is 77.8 Å². The molecular weight excluding hydrogens is 168 g/mol. The molecule has 0 saturated carbocycles. The van der Waals surface area contributed by atoms with E-state index in [4.69, 9.17) is 4.74 Å². The largest absolute Gasteiger partial charge is 0.463 e. The van der Waals surface area contributed by atoms with E-state index in [9.17, 15) is 9.59 Å². The lowest BCUT2D eigenvalue weighted by Gasteiger charge is -2.09. The zero-order chi connectivity index (χ0) is 9.84.